The third-order valence-electron chi connectivity index (χ3n) is 4.37. The van der Waals surface area contributed by atoms with Crippen molar-refractivity contribution in [1.82, 2.24) is 4.31 Å². The number of amides is 1. The van der Waals surface area contributed by atoms with Gasteiger partial charge >= 0.3 is 5.97 Å². The number of nitrogens with one attached hydrogen (secondary N) is 1. The van der Waals surface area contributed by atoms with Crippen LogP contribution in [0.5, 0.6) is 0 Å². The van der Waals surface area contributed by atoms with Gasteiger partial charge in [-0.25, -0.2) is 13.2 Å². The molecule has 0 saturated carbocycles. The van der Waals surface area contributed by atoms with E-state index in [0.717, 1.165) is 5.56 Å². The number of esters is 1. The van der Waals surface area contributed by atoms with Crippen LogP contribution in [-0.4, -0.2) is 44.3 Å². The second kappa shape index (κ2) is 10.2. The van der Waals surface area contributed by atoms with Crippen LogP contribution >= 0.6 is 0 Å². The Bertz CT molecular complexity index is 1030. The molecule has 7 nitrogen and oxygen atoms in total. The Kier molecular flexibility index (Phi) is 7.91. The van der Waals surface area contributed by atoms with E-state index in [9.17, 15) is 18.0 Å². The van der Waals surface area contributed by atoms with E-state index in [1.807, 2.05) is 0 Å². The number of sulfonamides is 1. The molecule has 2 aromatic rings. The lowest BCUT2D eigenvalue weighted by molar-refractivity contribution is -0.137. The molecule has 1 N–H and O–H groups in total. The van der Waals surface area contributed by atoms with Gasteiger partial charge in [-0.3, -0.25) is 4.79 Å². The summed E-state index contributed by atoms with van der Waals surface area (Å²) in [6, 6.07) is 12.6. The second-order valence-electron chi connectivity index (χ2n) is 6.80. The maximum atomic E-state index is 12.6. The fourth-order valence-corrected chi connectivity index (χ4v) is 3.89. The highest BCUT2D eigenvalue weighted by Gasteiger charge is 2.23. The summed E-state index contributed by atoms with van der Waals surface area (Å²) in [5.74, 6) is -0.845. The topological polar surface area (TPSA) is 92.8 Å². The van der Waals surface area contributed by atoms with E-state index in [2.05, 4.69) is 5.32 Å². The second-order valence-corrected chi connectivity index (χ2v) is 8.80. The van der Waals surface area contributed by atoms with Gasteiger partial charge in [0.1, 0.15) is 0 Å². The quantitative estimate of drug-likeness (QED) is 0.511. The van der Waals surface area contributed by atoms with Crippen LogP contribution in [0.3, 0.4) is 0 Å². The van der Waals surface area contributed by atoms with Crippen molar-refractivity contribution in [3.63, 3.8) is 0 Å². The Balaban J connectivity index is 2.12. The summed E-state index contributed by atoms with van der Waals surface area (Å²) in [4.78, 5) is 24.0. The van der Waals surface area contributed by atoms with Gasteiger partial charge in [-0.2, -0.15) is 4.31 Å². The Morgan fingerprint density at radius 3 is 2.40 bits per heavy atom. The van der Waals surface area contributed by atoms with Crippen molar-refractivity contribution >= 4 is 33.7 Å². The average molecular weight is 431 g/mol. The predicted octanol–water partition coefficient (Wildman–Crippen LogP) is 3.54. The molecule has 0 radical (unpaired) electrons. The minimum absolute atomic E-state index is 0.0609. The summed E-state index contributed by atoms with van der Waals surface area (Å²) >= 11 is 0. The molecule has 0 fully saturated rings. The lowest BCUT2D eigenvalue weighted by Gasteiger charge is -2.21. The molecule has 2 rings (SSSR count). The Morgan fingerprint density at radius 2 is 1.80 bits per heavy atom. The van der Waals surface area contributed by atoms with Crippen molar-refractivity contribution in [2.75, 3.05) is 19.0 Å². The molecular formula is C22H26N2O5S. The first-order chi connectivity index (χ1) is 14.1. The van der Waals surface area contributed by atoms with E-state index in [-0.39, 0.29) is 16.5 Å². The van der Waals surface area contributed by atoms with Crippen LogP contribution < -0.4 is 5.32 Å². The fourth-order valence-electron chi connectivity index (χ4n) is 2.48. The zero-order valence-electron chi connectivity index (χ0n) is 17.5. The zero-order chi connectivity index (χ0) is 22.3. The number of hydrogen-bond donors (Lipinski definition) is 1. The van der Waals surface area contributed by atoms with Gasteiger partial charge in [-0.05, 0) is 62.7 Å². The molecule has 160 valence electrons. The van der Waals surface area contributed by atoms with Crippen LogP contribution in [0.4, 0.5) is 5.69 Å². The highest BCUT2D eigenvalue weighted by atomic mass is 32.2. The lowest BCUT2D eigenvalue weighted by atomic mass is 10.1. The van der Waals surface area contributed by atoms with Crippen LogP contribution in [0.1, 0.15) is 36.7 Å². The van der Waals surface area contributed by atoms with Gasteiger partial charge in [0, 0.05) is 30.4 Å². The molecule has 1 amide bonds. The minimum atomic E-state index is -3.68. The summed E-state index contributed by atoms with van der Waals surface area (Å²) in [6.45, 7) is 5.60. The third-order valence-corrected chi connectivity index (χ3v) is 6.40. The fraction of sp³-hybridized carbons (Fsp3) is 0.273. The number of carbonyl (C=O) groups is 2. The van der Waals surface area contributed by atoms with Gasteiger partial charge in [-0.15, -0.1) is 0 Å². The van der Waals surface area contributed by atoms with Crippen molar-refractivity contribution in [3.8, 4) is 0 Å². The molecular weight excluding hydrogens is 404 g/mol. The molecule has 0 heterocycles. The molecule has 30 heavy (non-hydrogen) atoms. The smallest absolute Gasteiger partial charge is 0.330 e. The lowest BCUT2D eigenvalue weighted by Crippen LogP contribution is -2.33. The summed E-state index contributed by atoms with van der Waals surface area (Å²) in [5.41, 5.74) is 1.55. The Labute approximate surface area is 177 Å². The first kappa shape index (κ1) is 23.3. The van der Waals surface area contributed by atoms with E-state index in [4.69, 9.17) is 4.74 Å². The zero-order valence-corrected chi connectivity index (χ0v) is 18.3. The molecule has 8 heteroatoms. The van der Waals surface area contributed by atoms with Crippen molar-refractivity contribution in [2.45, 2.75) is 31.7 Å². The van der Waals surface area contributed by atoms with Crippen molar-refractivity contribution in [1.29, 1.82) is 0 Å². The monoisotopic (exact) mass is 430 g/mol. The number of anilines is 1. The van der Waals surface area contributed by atoms with Crippen LogP contribution in [0.2, 0.25) is 0 Å². The molecule has 0 saturated heterocycles. The maximum Gasteiger partial charge on any atom is 0.330 e. The normalized spacial score (nSPS) is 11.8. The van der Waals surface area contributed by atoms with Crippen LogP contribution in [0.15, 0.2) is 59.5 Å². The molecule has 0 aliphatic rings. The number of rotatable bonds is 8. The van der Waals surface area contributed by atoms with Crippen molar-refractivity contribution < 1.29 is 22.7 Å². The summed E-state index contributed by atoms with van der Waals surface area (Å²) in [5, 5.41) is 2.74. The summed E-state index contributed by atoms with van der Waals surface area (Å²) in [6.07, 6.45) is 2.94. The molecule has 0 unspecified atom stereocenters. The van der Waals surface area contributed by atoms with Gasteiger partial charge in [-0.1, -0.05) is 18.2 Å². The first-order valence-corrected chi connectivity index (χ1v) is 10.9. The van der Waals surface area contributed by atoms with Crippen LogP contribution in [0.25, 0.3) is 6.08 Å². The number of carbonyl (C=O) groups excluding carboxylic acids is 2. The van der Waals surface area contributed by atoms with E-state index >= 15 is 0 Å². The SMILES string of the molecule is CCOC(=O)/C=C/c1ccc(NC(=O)c2cccc(S(=O)(=O)N(C)C(C)C)c2)cc1. The number of hydrogen-bond acceptors (Lipinski definition) is 5. The number of benzene rings is 2. The average Bonchev–Trinajstić information content (AvgIpc) is 2.72. The van der Waals surface area contributed by atoms with E-state index in [1.54, 1.807) is 63.2 Å². The van der Waals surface area contributed by atoms with Crippen molar-refractivity contribution in [2.24, 2.45) is 0 Å². The molecule has 2 aromatic carbocycles. The van der Waals surface area contributed by atoms with Crippen LogP contribution in [-0.2, 0) is 19.6 Å². The first-order valence-electron chi connectivity index (χ1n) is 9.49. The largest absolute Gasteiger partial charge is 0.463 e. The van der Waals surface area contributed by atoms with Gasteiger partial charge < -0.3 is 10.1 Å². The number of ether oxygens (including phenoxy) is 1. The standard InChI is InChI=1S/C22H26N2O5S/c1-5-29-21(25)14-11-17-9-12-19(13-10-17)23-22(26)18-7-6-8-20(15-18)30(27,28)24(4)16(2)3/h6-16H,5H2,1-4H3,(H,23,26)/b14-11+. The third kappa shape index (κ3) is 6.01. The number of nitrogens with zero attached hydrogens (tertiary/aromatic N) is 1. The van der Waals surface area contributed by atoms with E-state index in [1.165, 1.54) is 29.6 Å². The van der Waals surface area contributed by atoms with Crippen molar-refractivity contribution in [3.05, 3.63) is 65.7 Å². The molecule has 0 atom stereocenters. The summed E-state index contributed by atoms with van der Waals surface area (Å²) < 4.78 is 31.4. The highest BCUT2D eigenvalue weighted by Crippen LogP contribution is 2.19. The van der Waals surface area contributed by atoms with Crippen LogP contribution in [0, 0.1) is 0 Å². The predicted molar refractivity (Wildman–Crippen MR) is 117 cm³/mol. The van der Waals surface area contributed by atoms with Gasteiger partial charge in [0.2, 0.25) is 10.0 Å². The molecule has 0 aliphatic carbocycles. The maximum absolute atomic E-state index is 12.6. The highest BCUT2D eigenvalue weighted by molar-refractivity contribution is 7.89. The summed E-state index contributed by atoms with van der Waals surface area (Å²) in [7, 11) is -2.18. The minimum Gasteiger partial charge on any atom is -0.463 e. The molecule has 0 spiro atoms. The van der Waals surface area contributed by atoms with Gasteiger partial charge in [0.05, 0.1) is 11.5 Å². The van der Waals surface area contributed by atoms with Gasteiger partial charge in [0.15, 0.2) is 0 Å². The Hall–Kier alpha value is -2.97. The molecule has 0 bridgehead atoms. The van der Waals surface area contributed by atoms with E-state index in [0.29, 0.717) is 12.3 Å². The Morgan fingerprint density at radius 1 is 1.13 bits per heavy atom. The molecule has 0 aromatic heterocycles. The van der Waals surface area contributed by atoms with E-state index < -0.39 is 21.9 Å². The molecule has 0 aliphatic heterocycles. The van der Waals surface area contributed by atoms with Gasteiger partial charge in [0.25, 0.3) is 5.91 Å².